The van der Waals surface area contributed by atoms with Gasteiger partial charge in [-0.05, 0) is 51.2 Å². The van der Waals surface area contributed by atoms with E-state index in [0.29, 0.717) is 0 Å². The van der Waals surface area contributed by atoms with E-state index >= 15 is 0 Å². The summed E-state index contributed by atoms with van der Waals surface area (Å²) in [4.78, 5) is 14.0. The highest BCUT2D eigenvalue weighted by Crippen LogP contribution is 2.17. The molecule has 1 aromatic rings. The van der Waals surface area contributed by atoms with E-state index in [9.17, 15) is 9.90 Å². The van der Waals surface area contributed by atoms with Crippen LogP contribution in [0.3, 0.4) is 0 Å². The van der Waals surface area contributed by atoms with Crippen molar-refractivity contribution in [3.05, 3.63) is 34.9 Å². The number of aliphatic hydroxyl groups is 1. The van der Waals surface area contributed by atoms with Crippen LogP contribution in [0.1, 0.15) is 36.5 Å². The maximum Gasteiger partial charge on any atom is 0.317 e. The molecular weight excluding hydrogens is 264 g/mol. The molecule has 2 atom stereocenters. The monoisotopic (exact) mass is 290 g/mol. The Hall–Kier alpha value is -1.55. The van der Waals surface area contributed by atoms with Gasteiger partial charge in [-0.15, -0.1) is 0 Å². The minimum absolute atomic E-state index is 0.0155. The average molecular weight is 290 g/mol. The molecule has 0 aromatic heterocycles. The predicted molar refractivity (Wildman–Crippen MR) is 84.4 cm³/mol. The van der Waals surface area contributed by atoms with Gasteiger partial charge in [-0.2, -0.15) is 0 Å². The molecule has 1 saturated heterocycles. The number of urea groups is 1. The molecule has 21 heavy (non-hydrogen) atoms. The number of likely N-dealkylation sites (tertiary alicyclic amines) is 1. The van der Waals surface area contributed by atoms with Gasteiger partial charge in [0.1, 0.15) is 0 Å². The normalized spacial score (nSPS) is 19.6. The number of amides is 2. The van der Waals surface area contributed by atoms with Crippen molar-refractivity contribution in [2.45, 2.75) is 52.1 Å². The van der Waals surface area contributed by atoms with Crippen LogP contribution in [0.5, 0.6) is 0 Å². The second kappa shape index (κ2) is 6.94. The van der Waals surface area contributed by atoms with Gasteiger partial charge in [-0.3, -0.25) is 0 Å². The van der Waals surface area contributed by atoms with E-state index in [1.54, 1.807) is 4.90 Å². The molecule has 4 nitrogen and oxygen atoms in total. The summed E-state index contributed by atoms with van der Waals surface area (Å²) in [7, 11) is 0. The summed E-state index contributed by atoms with van der Waals surface area (Å²) in [6.45, 7) is 7.02. The highest BCUT2D eigenvalue weighted by atomic mass is 16.3. The predicted octanol–water partition coefficient (Wildman–Crippen LogP) is 2.40. The summed E-state index contributed by atoms with van der Waals surface area (Å²) in [6.07, 6.45) is 2.70. The number of nitrogens with one attached hydrogen (secondary N) is 1. The number of hydrogen-bond donors (Lipinski definition) is 2. The Bertz CT molecular complexity index is 502. The van der Waals surface area contributed by atoms with Gasteiger partial charge in [0.25, 0.3) is 0 Å². The molecule has 4 heteroatoms. The van der Waals surface area contributed by atoms with Gasteiger partial charge in [-0.1, -0.05) is 23.8 Å². The molecule has 0 aliphatic carbocycles. The Kier molecular flexibility index (Phi) is 5.23. The standard InChI is InChI=1S/C17H26N2O2/c1-12-6-7-15(13(2)9-12)10-14(3)18-17(21)19-8-4-5-16(19)11-20/h6-7,9,14,16,20H,4-5,8,10-11H2,1-3H3,(H,18,21)/t14?,16-/m0/s1. The lowest BCUT2D eigenvalue weighted by molar-refractivity contribution is 0.155. The Morgan fingerprint density at radius 1 is 1.48 bits per heavy atom. The summed E-state index contributed by atoms with van der Waals surface area (Å²) >= 11 is 0. The number of nitrogens with zero attached hydrogens (tertiary/aromatic N) is 1. The molecule has 116 valence electrons. The van der Waals surface area contributed by atoms with Crippen LogP contribution in [0.4, 0.5) is 4.79 Å². The molecule has 1 unspecified atom stereocenters. The number of carbonyl (C=O) groups is 1. The van der Waals surface area contributed by atoms with Crippen LogP contribution in [0.25, 0.3) is 0 Å². The van der Waals surface area contributed by atoms with Crippen LogP contribution in [0.15, 0.2) is 18.2 Å². The largest absolute Gasteiger partial charge is 0.394 e. The first-order valence-electron chi connectivity index (χ1n) is 7.75. The smallest absolute Gasteiger partial charge is 0.317 e. The Balaban J connectivity index is 1.92. The van der Waals surface area contributed by atoms with Crippen molar-refractivity contribution in [2.75, 3.05) is 13.2 Å². The van der Waals surface area contributed by atoms with E-state index < -0.39 is 0 Å². The zero-order chi connectivity index (χ0) is 15.4. The van der Waals surface area contributed by atoms with E-state index in [1.165, 1.54) is 16.7 Å². The molecule has 1 heterocycles. The summed E-state index contributed by atoms with van der Waals surface area (Å²) in [5, 5.41) is 12.3. The van der Waals surface area contributed by atoms with Gasteiger partial charge in [-0.25, -0.2) is 4.79 Å². The third-order valence-corrected chi connectivity index (χ3v) is 4.24. The maximum absolute atomic E-state index is 12.3. The summed E-state index contributed by atoms with van der Waals surface area (Å²) in [5.74, 6) is 0. The van der Waals surface area contributed by atoms with Crippen LogP contribution in [-0.2, 0) is 6.42 Å². The van der Waals surface area contributed by atoms with Gasteiger partial charge in [0.2, 0.25) is 0 Å². The number of carbonyl (C=O) groups excluding carboxylic acids is 1. The first-order chi connectivity index (χ1) is 10.0. The van der Waals surface area contributed by atoms with Crippen LogP contribution < -0.4 is 5.32 Å². The third kappa shape index (κ3) is 3.97. The van der Waals surface area contributed by atoms with Gasteiger partial charge in [0.15, 0.2) is 0 Å². The molecule has 1 aromatic carbocycles. The van der Waals surface area contributed by atoms with E-state index in [4.69, 9.17) is 0 Å². The van der Waals surface area contributed by atoms with Gasteiger partial charge in [0.05, 0.1) is 12.6 Å². The zero-order valence-corrected chi connectivity index (χ0v) is 13.2. The van der Waals surface area contributed by atoms with Gasteiger partial charge >= 0.3 is 6.03 Å². The lowest BCUT2D eigenvalue weighted by Crippen LogP contribution is -2.47. The van der Waals surface area contributed by atoms with Crippen molar-refractivity contribution >= 4 is 6.03 Å². The Morgan fingerprint density at radius 3 is 2.90 bits per heavy atom. The molecular formula is C17H26N2O2. The molecule has 2 N–H and O–H groups in total. The molecule has 0 spiro atoms. The number of hydrogen-bond acceptors (Lipinski definition) is 2. The fourth-order valence-corrected chi connectivity index (χ4v) is 3.04. The molecule has 0 bridgehead atoms. The summed E-state index contributed by atoms with van der Waals surface area (Å²) in [5.41, 5.74) is 3.80. The highest BCUT2D eigenvalue weighted by Gasteiger charge is 2.28. The first-order valence-corrected chi connectivity index (χ1v) is 7.75. The molecule has 0 saturated carbocycles. The molecule has 2 amide bonds. The lowest BCUT2D eigenvalue weighted by Gasteiger charge is -2.25. The third-order valence-electron chi connectivity index (χ3n) is 4.24. The number of benzene rings is 1. The fourth-order valence-electron chi connectivity index (χ4n) is 3.04. The second-order valence-corrected chi connectivity index (χ2v) is 6.16. The maximum atomic E-state index is 12.3. The molecule has 1 aliphatic heterocycles. The minimum atomic E-state index is -0.0520. The van der Waals surface area contributed by atoms with Crippen molar-refractivity contribution < 1.29 is 9.90 Å². The average Bonchev–Trinajstić information content (AvgIpc) is 2.90. The van der Waals surface area contributed by atoms with Crippen LogP contribution in [-0.4, -0.2) is 41.3 Å². The SMILES string of the molecule is Cc1ccc(CC(C)NC(=O)N2CCC[C@H]2CO)c(C)c1. The van der Waals surface area contributed by atoms with Crippen molar-refractivity contribution in [3.8, 4) is 0 Å². The topological polar surface area (TPSA) is 52.6 Å². The fraction of sp³-hybridized carbons (Fsp3) is 0.588. The first kappa shape index (κ1) is 15.8. The van der Waals surface area contributed by atoms with Crippen molar-refractivity contribution in [1.29, 1.82) is 0 Å². The summed E-state index contributed by atoms with van der Waals surface area (Å²) < 4.78 is 0. The number of rotatable bonds is 4. The van der Waals surface area contributed by atoms with Crippen LogP contribution in [0.2, 0.25) is 0 Å². The molecule has 1 fully saturated rings. The van der Waals surface area contributed by atoms with Crippen LogP contribution in [0, 0.1) is 13.8 Å². The molecule has 0 radical (unpaired) electrons. The Morgan fingerprint density at radius 2 is 2.24 bits per heavy atom. The number of aryl methyl sites for hydroxylation is 2. The highest BCUT2D eigenvalue weighted by molar-refractivity contribution is 5.75. The van der Waals surface area contributed by atoms with Crippen molar-refractivity contribution in [2.24, 2.45) is 0 Å². The molecule has 1 aliphatic rings. The van der Waals surface area contributed by atoms with E-state index in [-0.39, 0.29) is 24.7 Å². The van der Waals surface area contributed by atoms with E-state index in [1.807, 2.05) is 6.92 Å². The quantitative estimate of drug-likeness (QED) is 0.894. The second-order valence-electron chi connectivity index (χ2n) is 6.16. The Labute approximate surface area is 127 Å². The van der Waals surface area contributed by atoms with E-state index in [2.05, 4.69) is 37.4 Å². The molecule has 2 rings (SSSR count). The van der Waals surface area contributed by atoms with Crippen LogP contribution >= 0.6 is 0 Å². The van der Waals surface area contributed by atoms with Gasteiger partial charge in [0, 0.05) is 12.6 Å². The van der Waals surface area contributed by atoms with Crippen molar-refractivity contribution in [3.63, 3.8) is 0 Å². The summed E-state index contributed by atoms with van der Waals surface area (Å²) in [6, 6.07) is 6.44. The van der Waals surface area contributed by atoms with Gasteiger partial charge < -0.3 is 15.3 Å². The minimum Gasteiger partial charge on any atom is -0.394 e. The number of aliphatic hydroxyl groups excluding tert-OH is 1. The van der Waals surface area contributed by atoms with Crippen molar-refractivity contribution in [1.82, 2.24) is 10.2 Å². The lowest BCUT2D eigenvalue weighted by atomic mass is 10.00. The zero-order valence-electron chi connectivity index (χ0n) is 13.2. The van der Waals surface area contributed by atoms with E-state index in [0.717, 1.165) is 25.8 Å².